The van der Waals surface area contributed by atoms with Gasteiger partial charge in [0.2, 0.25) is 5.95 Å². The van der Waals surface area contributed by atoms with Crippen LogP contribution in [0, 0.1) is 6.92 Å². The summed E-state index contributed by atoms with van der Waals surface area (Å²) in [7, 11) is 0. The zero-order valence-corrected chi connectivity index (χ0v) is 13.7. The average molecular weight is 319 g/mol. The number of nitrogens with zero attached hydrogens (tertiary/aromatic N) is 3. The third kappa shape index (κ3) is 4.78. The molecule has 0 amide bonds. The van der Waals surface area contributed by atoms with Gasteiger partial charge in [-0.25, -0.2) is 4.98 Å². The Labute approximate surface area is 142 Å². The van der Waals surface area contributed by atoms with Crippen molar-refractivity contribution in [3.8, 4) is 0 Å². The van der Waals surface area contributed by atoms with Gasteiger partial charge in [-0.1, -0.05) is 30.3 Å². The molecule has 122 valence electrons. The fourth-order valence-corrected chi connectivity index (χ4v) is 2.40. The number of aromatic nitrogens is 3. The normalized spacial score (nSPS) is 10.4. The van der Waals surface area contributed by atoms with E-state index in [-0.39, 0.29) is 0 Å². The zero-order valence-electron chi connectivity index (χ0n) is 13.7. The van der Waals surface area contributed by atoms with Crippen molar-refractivity contribution < 1.29 is 0 Å². The van der Waals surface area contributed by atoms with Crippen LogP contribution in [0.25, 0.3) is 0 Å². The van der Waals surface area contributed by atoms with Crippen molar-refractivity contribution in [3.05, 3.63) is 77.7 Å². The van der Waals surface area contributed by atoms with E-state index in [1.807, 2.05) is 31.2 Å². The molecule has 0 saturated carbocycles. The minimum Gasteiger partial charge on any atom is -0.370 e. The van der Waals surface area contributed by atoms with Crippen LogP contribution in [-0.4, -0.2) is 21.5 Å². The van der Waals surface area contributed by atoms with Crippen LogP contribution in [-0.2, 0) is 13.0 Å². The van der Waals surface area contributed by atoms with E-state index in [1.54, 1.807) is 12.4 Å². The van der Waals surface area contributed by atoms with Gasteiger partial charge < -0.3 is 10.6 Å². The molecule has 0 atom stereocenters. The highest BCUT2D eigenvalue weighted by atomic mass is 15.1. The van der Waals surface area contributed by atoms with Crippen molar-refractivity contribution in [2.75, 3.05) is 17.2 Å². The van der Waals surface area contributed by atoms with Crippen LogP contribution in [0.4, 0.5) is 11.8 Å². The van der Waals surface area contributed by atoms with Crippen molar-refractivity contribution >= 4 is 11.8 Å². The predicted octanol–water partition coefficient (Wildman–Crippen LogP) is 3.45. The Morgan fingerprint density at radius 2 is 1.67 bits per heavy atom. The van der Waals surface area contributed by atoms with Crippen molar-refractivity contribution in [3.63, 3.8) is 0 Å². The summed E-state index contributed by atoms with van der Waals surface area (Å²) in [6.45, 7) is 3.49. The number of aryl methyl sites for hydroxylation is 1. The first-order chi connectivity index (χ1) is 11.8. The lowest BCUT2D eigenvalue weighted by molar-refractivity contribution is 0.981. The lowest BCUT2D eigenvalue weighted by Gasteiger charge is -2.10. The molecule has 0 radical (unpaired) electrons. The van der Waals surface area contributed by atoms with Crippen molar-refractivity contribution in [2.45, 2.75) is 19.9 Å². The molecule has 5 heteroatoms. The predicted molar refractivity (Wildman–Crippen MR) is 97.0 cm³/mol. The van der Waals surface area contributed by atoms with Crippen LogP contribution < -0.4 is 10.6 Å². The lowest BCUT2D eigenvalue weighted by atomic mass is 10.1. The monoisotopic (exact) mass is 319 g/mol. The Morgan fingerprint density at radius 3 is 2.46 bits per heavy atom. The molecule has 3 aromatic rings. The standard InChI is InChI=1S/C19H21N5/c1-15-13-18(21-12-9-16-5-3-2-4-6-16)24-19(23-15)22-14-17-7-10-20-11-8-17/h2-8,10-11,13H,9,12,14H2,1H3,(H2,21,22,23,24). The molecular weight excluding hydrogens is 298 g/mol. The summed E-state index contributed by atoms with van der Waals surface area (Å²) in [5.74, 6) is 1.48. The average Bonchev–Trinajstić information content (AvgIpc) is 2.61. The minimum absolute atomic E-state index is 0.633. The van der Waals surface area contributed by atoms with Crippen LogP contribution in [0.3, 0.4) is 0 Å². The van der Waals surface area contributed by atoms with Crippen LogP contribution >= 0.6 is 0 Å². The molecule has 2 heterocycles. The molecule has 5 nitrogen and oxygen atoms in total. The van der Waals surface area contributed by atoms with E-state index in [2.05, 4.69) is 49.9 Å². The molecule has 24 heavy (non-hydrogen) atoms. The maximum absolute atomic E-state index is 4.53. The first-order valence-corrected chi connectivity index (χ1v) is 8.06. The summed E-state index contributed by atoms with van der Waals surface area (Å²) in [6, 6.07) is 16.3. The van der Waals surface area contributed by atoms with Crippen LogP contribution in [0.5, 0.6) is 0 Å². The maximum Gasteiger partial charge on any atom is 0.225 e. The number of hydrogen-bond donors (Lipinski definition) is 2. The Morgan fingerprint density at radius 1 is 0.875 bits per heavy atom. The third-order valence-electron chi connectivity index (χ3n) is 3.62. The molecule has 0 aliphatic rings. The van der Waals surface area contributed by atoms with E-state index in [9.17, 15) is 0 Å². The molecule has 0 unspecified atom stereocenters. The van der Waals surface area contributed by atoms with Gasteiger partial charge in [0, 0.05) is 37.2 Å². The fraction of sp³-hybridized carbons (Fsp3) is 0.211. The van der Waals surface area contributed by atoms with E-state index in [0.29, 0.717) is 12.5 Å². The smallest absolute Gasteiger partial charge is 0.225 e. The SMILES string of the molecule is Cc1cc(NCCc2ccccc2)nc(NCc2ccncc2)n1. The Balaban J connectivity index is 1.57. The number of pyridine rings is 1. The Bertz CT molecular complexity index is 759. The van der Waals surface area contributed by atoms with Gasteiger partial charge in [0.1, 0.15) is 5.82 Å². The highest BCUT2D eigenvalue weighted by Crippen LogP contribution is 2.11. The summed E-state index contributed by atoms with van der Waals surface area (Å²) in [5.41, 5.74) is 3.39. The number of anilines is 2. The summed E-state index contributed by atoms with van der Waals surface area (Å²) in [5, 5.41) is 6.63. The van der Waals surface area contributed by atoms with E-state index in [4.69, 9.17) is 0 Å². The number of hydrogen-bond acceptors (Lipinski definition) is 5. The summed E-state index contributed by atoms with van der Waals surface area (Å²) in [4.78, 5) is 13.0. The van der Waals surface area contributed by atoms with Crippen molar-refractivity contribution in [2.24, 2.45) is 0 Å². The Kier molecular flexibility index (Phi) is 5.35. The van der Waals surface area contributed by atoms with Gasteiger partial charge in [-0.05, 0) is 36.6 Å². The summed E-state index contributed by atoms with van der Waals surface area (Å²) < 4.78 is 0. The first kappa shape index (κ1) is 15.9. The highest BCUT2D eigenvalue weighted by Gasteiger charge is 2.02. The van der Waals surface area contributed by atoms with Crippen molar-refractivity contribution in [1.82, 2.24) is 15.0 Å². The third-order valence-corrected chi connectivity index (χ3v) is 3.62. The van der Waals surface area contributed by atoms with Gasteiger partial charge in [-0.2, -0.15) is 4.98 Å². The molecular formula is C19H21N5. The van der Waals surface area contributed by atoms with Gasteiger partial charge >= 0.3 is 0 Å². The quantitative estimate of drug-likeness (QED) is 0.698. The highest BCUT2D eigenvalue weighted by molar-refractivity contribution is 5.42. The van der Waals surface area contributed by atoms with E-state index >= 15 is 0 Å². The molecule has 2 N–H and O–H groups in total. The van der Waals surface area contributed by atoms with Crippen LogP contribution in [0.15, 0.2) is 60.9 Å². The maximum atomic E-state index is 4.53. The lowest BCUT2D eigenvalue weighted by Crippen LogP contribution is -2.10. The topological polar surface area (TPSA) is 62.7 Å². The molecule has 1 aromatic carbocycles. The summed E-state index contributed by atoms with van der Waals surface area (Å²) in [6.07, 6.45) is 4.53. The van der Waals surface area contributed by atoms with Gasteiger partial charge in [-0.3, -0.25) is 4.98 Å². The van der Waals surface area contributed by atoms with Crippen molar-refractivity contribution in [1.29, 1.82) is 0 Å². The largest absolute Gasteiger partial charge is 0.370 e. The molecule has 0 saturated heterocycles. The van der Waals surface area contributed by atoms with Crippen LogP contribution in [0.1, 0.15) is 16.8 Å². The molecule has 2 aromatic heterocycles. The molecule has 0 aliphatic carbocycles. The van der Waals surface area contributed by atoms with Gasteiger partial charge in [-0.15, -0.1) is 0 Å². The van der Waals surface area contributed by atoms with Crippen LogP contribution in [0.2, 0.25) is 0 Å². The number of rotatable bonds is 7. The zero-order chi connectivity index (χ0) is 16.6. The van der Waals surface area contributed by atoms with Gasteiger partial charge in [0.25, 0.3) is 0 Å². The summed E-state index contributed by atoms with van der Waals surface area (Å²) >= 11 is 0. The minimum atomic E-state index is 0.633. The Hall–Kier alpha value is -2.95. The first-order valence-electron chi connectivity index (χ1n) is 8.06. The molecule has 0 bridgehead atoms. The molecule has 0 fully saturated rings. The second-order valence-corrected chi connectivity index (χ2v) is 5.59. The molecule has 3 rings (SSSR count). The number of benzene rings is 1. The fourth-order valence-electron chi connectivity index (χ4n) is 2.40. The molecule has 0 spiro atoms. The second-order valence-electron chi connectivity index (χ2n) is 5.59. The second kappa shape index (κ2) is 8.06. The molecule has 0 aliphatic heterocycles. The van der Waals surface area contributed by atoms with E-state index in [0.717, 1.165) is 30.0 Å². The number of nitrogens with one attached hydrogen (secondary N) is 2. The van der Waals surface area contributed by atoms with Gasteiger partial charge in [0.05, 0.1) is 0 Å². The van der Waals surface area contributed by atoms with Gasteiger partial charge in [0.15, 0.2) is 0 Å². The van der Waals surface area contributed by atoms with E-state index < -0.39 is 0 Å². The van der Waals surface area contributed by atoms with E-state index in [1.165, 1.54) is 5.56 Å².